The molecule has 166 valence electrons. The third-order valence-electron chi connectivity index (χ3n) is 4.63. The molecular weight excluding hydrogens is 466 g/mol. The van der Waals surface area contributed by atoms with Crippen LogP contribution in [-0.2, 0) is 4.79 Å². The van der Waals surface area contributed by atoms with E-state index < -0.39 is 11.9 Å². The summed E-state index contributed by atoms with van der Waals surface area (Å²) >= 11 is 6.78. The van der Waals surface area contributed by atoms with Gasteiger partial charge >= 0.3 is 11.9 Å². The molecule has 33 heavy (non-hydrogen) atoms. The molecule has 3 N–H and O–H groups in total. The minimum atomic E-state index is -1.15. The second kappa shape index (κ2) is 9.35. The van der Waals surface area contributed by atoms with Gasteiger partial charge in [-0.05, 0) is 72.8 Å². The van der Waals surface area contributed by atoms with Crippen LogP contribution >= 0.6 is 23.4 Å². The zero-order chi connectivity index (χ0) is 23.5. The molecule has 4 rings (SSSR count). The minimum absolute atomic E-state index is 0.0319. The number of benzene rings is 2. The van der Waals surface area contributed by atoms with E-state index in [1.54, 1.807) is 55.5 Å². The molecule has 0 aliphatic carbocycles. The Morgan fingerprint density at radius 2 is 1.85 bits per heavy atom. The lowest BCUT2D eigenvalue weighted by Crippen LogP contribution is -1.97. The fourth-order valence-electron chi connectivity index (χ4n) is 3.04. The van der Waals surface area contributed by atoms with Crippen LogP contribution in [0.4, 0.5) is 0 Å². The summed E-state index contributed by atoms with van der Waals surface area (Å²) in [7, 11) is 0. The SMILES string of the molecule is Cc1cc(C(=O)O)ccc1-c1ccc(/C=C(\Sc2n[nH]c(-c3ccc(Cl)cc3)n2)C(=O)O)o1. The number of halogens is 1. The van der Waals surface area contributed by atoms with Gasteiger partial charge in [-0.25, -0.2) is 14.6 Å². The maximum absolute atomic E-state index is 11.8. The molecule has 0 saturated carbocycles. The van der Waals surface area contributed by atoms with Gasteiger partial charge in [0.15, 0.2) is 5.82 Å². The van der Waals surface area contributed by atoms with Crippen molar-refractivity contribution in [3.05, 3.63) is 81.4 Å². The van der Waals surface area contributed by atoms with Crippen molar-refractivity contribution in [3.8, 4) is 22.7 Å². The van der Waals surface area contributed by atoms with Crippen molar-refractivity contribution in [3.63, 3.8) is 0 Å². The minimum Gasteiger partial charge on any atom is -0.478 e. The van der Waals surface area contributed by atoms with E-state index in [2.05, 4.69) is 15.2 Å². The molecule has 8 nitrogen and oxygen atoms in total. The highest BCUT2D eigenvalue weighted by Gasteiger charge is 2.16. The van der Waals surface area contributed by atoms with Crippen LogP contribution in [0.5, 0.6) is 0 Å². The van der Waals surface area contributed by atoms with Crippen LogP contribution in [0, 0.1) is 6.92 Å². The molecule has 0 aliphatic heterocycles. The highest BCUT2D eigenvalue weighted by molar-refractivity contribution is 8.04. The molecule has 2 heterocycles. The van der Waals surface area contributed by atoms with Crippen molar-refractivity contribution in [2.45, 2.75) is 12.1 Å². The Hall–Kier alpha value is -3.82. The molecule has 2 aromatic heterocycles. The number of carboxylic acid groups (broad SMARTS) is 2. The molecule has 0 atom stereocenters. The smallest absolute Gasteiger partial charge is 0.342 e. The van der Waals surface area contributed by atoms with E-state index in [0.29, 0.717) is 27.9 Å². The van der Waals surface area contributed by atoms with E-state index in [0.717, 1.165) is 22.9 Å². The third kappa shape index (κ3) is 5.16. The van der Waals surface area contributed by atoms with Gasteiger partial charge in [-0.1, -0.05) is 17.7 Å². The topological polar surface area (TPSA) is 129 Å². The number of carbonyl (C=O) groups is 2. The predicted octanol–water partition coefficient (Wildman–Crippen LogP) is 5.61. The Bertz CT molecular complexity index is 1380. The number of hydrogen-bond donors (Lipinski definition) is 3. The van der Waals surface area contributed by atoms with Gasteiger partial charge in [-0.3, -0.25) is 5.10 Å². The normalized spacial score (nSPS) is 11.5. The van der Waals surface area contributed by atoms with Crippen molar-refractivity contribution < 1.29 is 24.2 Å². The van der Waals surface area contributed by atoms with Crippen LogP contribution in [0.1, 0.15) is 21.7 Å². The largest absolute Gasteiger partial charge is 0.478 e. The molecular formula is C23H16ClN3O5S. The van der Waals surface area contributed by atoms with Crippen molar-refractivity contribution in [2.75, 3.05) is 0 Å². The summed E-state index contributed by atoms with van der Waals surface area (Å²) < 4.78 is 5.79. The second-order valence-electron chi connectivity index (χ2n) is 6.93. The fraction of sp³-hybridized carbons (Fsp3) is 0.0435. The average Bonchev–Trinajstić information content (AvgIpc) is 3.43. The Labute approximate surface area is 196 Å². The maximum Gasteiger partial charge on any atom is 0.342 e. The Kier molecular flexibility index (Phi) is 6.34. The number of H-pyrrole nitrogens is 1. The molecule has 0 bridgehead atoms. The van der Waals surface area contributed by atoms with Gasteiger partial charge in [0, 0.05) is 22.2 Å². The fourth-order valence-corrected chi connectivity index (χ4v) is 3.85. The molecule has 0 fully saturated rings. The van der Waals surface area contributed by atoms with E-state index in [9.17, 15) is 14.7 Å². The van der Waals surface area contributed by atoms with Crippen molar-refractivity contribution in [1.29, 1.82) is 0 Å². The number of nitrogens with one attached hydrogen (secondary N) is 1. The van der Waals surface area contributed by atoms with Crippen LogP contribution < -0.4 is 0 Å². The molecule has 0 radical (unpaired) electrons. The summed E-state index contributed by atoms with van der Waals surface area (Å²) in [6, 6.07) is 15.0. The van der Waals surface area contributed by atoms with Crippen molar-refractivity contribution >= 4 is 41.4 Å². The standard InChI is InChI=1S/C23H16ClN3O5S/c1-12-10-14(21(28)29)4-8-17(12)18-9-7-16(32-18)11-19(22(30)31)33-23-25-20(26-27-23)13-2-5-15(24)6-3-13/h2-11H,1H3,(H,28,29)(H,30,31)(H,25,26,27)/b19-11-. The monoisotopic (exact) mass is 481 g/mol. The number of carboxylic acids is 2. The molecule has 0 spiro atoms. The number of furan rings is 1. The third-order valence-corrected chi connectivity index (χ3v) is 5.76. The summed E-state index contributed by atoms with van der Waals surface area (Å²) in [6.45, 7) is 1.78. The molecule has 0 aliphatic rings. The van der Waals surface area contributed by atoms with Gasteiger partial charge in [0.05, 0.1) is 5.56 Å². The maximum atomic E-state index is 11.8. The van der Waals surface area contributed by atoms with Crippen molar-refractivity contribution in [1.82, 2.24) is 15.2 Å². The molecule has 2 aromatic carbocycles. The average molecular weight is 482 g/mol. The van der Waals surface area contributed by atoms with Crippen LogP contribution in [0.15, 0.2) is 69.1 Å². The van der Waals surface area contributed by atoms with Gasteiger partial charge in [0.25, 0.3) is 0 Å². The highest BCUT2D eigenvalue weighted by Crippen LogP contribution is 2.31. The number of aliphatic carboxylic acids is 1. The number of hydrogen-bond acceptors (Lipinski definition) is 6. The summed E-state index contributed by atoms with van der Waals surface area (Å²) in [6.07, 6.45) is 1.38. The first kappa shape index (κ1) is 22.4. The van der Waals surface area contributed by atoms with E-state index in [1.807, 2.05) is 0 Å². The van der Waals surface area contributed by atoms with Crippen LogP contribution in [0.3, 0.4) is 0 Å². The van der Waals surface area contributed by atoms with Crippen LogP contribution in [0.2, 0.25) is 5.02 Å². The lowest BCUT2D eigenvalue weighted by atomic mass is 10.0. The summed E-state index contributed by atoms with van der Waals surface area (Å²) in [5.41, 5.74) is 2.38. The van der Waals surface area contributed by atoms with Crippen molar-refractivity contribution in [2.24, 2.45) is 0 Å². The number of aromatic carboxylic acids is 1. The first-order valence-corrected chi connectivity index (χ1v) is 10.7. The van der Waals surface area contributed by atoms with Gasteiger partial charge in [0.2, 0.25) is 5.16 Å². The summed E-state index contributed by atoms with van der Waals surface area (Å²) in [5, 5.41) is 26.4. The number of aromatic amines is 1. The Morgan fingerprint density at radius 3 is 2.52 bits per heavy atom. The molecule has 4 aromatic rings. The van der Waals surface area contributed by atoms with E-state index in [4.69, 9.17) is 21.1 Å². The molecule has 0 amide bonds. The zero-order valence-electron chi connectivity index (χ0n) is 17.1. The summed E-state index contributed by atoms with van der Waals surface area (Å²) in [5.74, 6) is -0.863. The molecule has 10 heteroatoms. The number of nitrogens with zero attached hydrogens (tertiary/aromatic N) is 2. The highest BCUT2D eigenvalue weighted by atomic mass is 35.5. The van der Waals surface area contributed by atoms with Gasteiger partial charge in [0.1, 0.15) is 16.4 Å². The number of aryl methyl sites for hydroxylation is 1. The van der Waals surface area contributed by atoms with Crippen LogP contribution in [0.25, 0.3) is 28.8 Å². The van der Waals surface area contributed by atoms with Gasteiger partial charge in [-0.15, -0.1) is 5.10 Å². The predicted molar refractivity (Wildman–Crippen MR) is 124 cm³/mol. The number of rotatable bonds is 7. The van der Waals surface area contributed by atoms with Gasteiger partial charge in [-0.2, -0.15) is 0 Å². The molecule has 0 unspecified atom stereocenters. The Balaban J connectivity index is 1.56. The van der Waals surface area contributed by atoms with E-state index in [1.165, 1.54) is 12.1 Å². The van der Waals surface area contributed by atoms with Crippen LogP contribution in [-0.4, -0.2) is 37.3 Å². The van der Waals surface area contributed by atoms with E-state index >= 15 is 0 Å². The first-order valence-electron chi connectivity index (χ1n) is 9.55. The van der Waals surface area contributed by atoms with E-state index in [-0.39, 0.29) is 15.6 Å². The lowest BCUT2D eigenvalue weighted by molar-refractivity contribution is -0.131. The second-order valence-corrected chi connectivity index (χ2v) is 8.37. The number of aromatic nitrogens is 3. The lowest BCUT2D eigenvalue weighted by Gasteiger charge is -2.04. The quantitative estimate of drug-likeness (QED) is 0.229. The number of thioether (sulfide) groups is 1. The summed E-state index contributed by atoms with van der Waals surface area (Å²) in [4.78, 5) is 27.2. The zero-order valence-corrected chi connectivity index (χ0v) is 18.6. The molecule has 0 saturated heterocycles. The Morgan fingerprint density at radius 1 is 1.09 bits per heavy atom. The van der Waals surface area contributed by atoms with Gasteiger partial charge < -0.3 is 14.6 Å². The first-order chi connectivity index (χ1) is 15.8.